The number of thiazole rings is 1. The van der Waals surface area contributed by atoms with Crippen molar-refractivity contribution in [2.24, 2.45) is 0 Å². The predicted octanol–water partition coefficient (Wildman–Crippen LogP) is 4.51. The number of nitrogens with zero attached hydrogens (tertiary/aromatic N) is 3. The van der Waals surface area contributed by atoms with E-state index in [0.29, 0.717) is 26.3 Å². The molecule has 0 saturated carbocycles. The molecule has 3 heterocycles. The number of rotatable bonds is 3. The molecule has 2 aromatic heterocycles. The molecule has 1 fully saturated rings. The quantitative estimate of drug-likeness (QED) is 0.667. The van der Waals surface area contributed by atoms with Crippen LogP contribution in [-0.2, 0) is 4.79 Å². The molecule has 3 aromatic rings. The van der Waals surface area contributed by atoms with Gasteiger partial charge in [0, 0.05) is 27.7 Å². The summed E-state index contributed by atoms with van der Waals surface area (Å²) in [5.41, 5.74) is 2.09. The van der Waals surface area contributed by atoms with Crippen molar-refractivity contribution in [2.45, 2.75) is 0 Å². The third-order valence-electron chi connectivity index (χ3n) is 3.44. The molecule has 6 nitrogen and oxygen atoms in total. The van der Waals surface area contributed by atoms with Crippen LogP contribution in [0.4, 0.5) is 5.13 Å². The van der Waals surface area contributed by atoms with Crippen LogP contribution in [0.2, 0.25) is 5.02 Å². The summed E-state index contributed by atoms with van der Waals surface area (Å²) in [6.45, 7) is 0. The number of nitrogens with one attached hydrogen (secondary N) is 1. The van der Waals surface area contributed by atoms with Gasteiger partial charge in [-0.25, -0.2) is 9.88 Å². The Labute approximate surface area is 155 Å². The fourth-order valence-electron chi connectivity index (χ4n) is 2.30. The number of amides is 1. The van der Waals surface area contributed by atoms with Gasteiger partial charge in [-0.05, 0) is 30.0 Å². The minimum Gasteiger partial charge on any atom is -0.363 e. The average Bonchev–Trinajstić information content (AvgIpc) is 3.31. The number of hydrogen-bond donors (Lipinski definition) is 1. The molecule has 1 aliphatic rings. The summed E-state index contributed by atoms with van der Waals surface area (Å²) in [5.74, 6) is -0.284. The van der Waals surface area contributed by atoms with E-state index in [1.54, 1.807) is 29.8 Å². The first kappa shape index (κ1) is 16.1. The van der Waals surface area contributed by atoms with Crippen LogP contribution >= 0.6 is 34.7 Å². The lowest BCUT2D eigenvalue weighted by atomic mass is 10.1. The molecule has 1 saturated heterocycles. The second kappa shape index (κ2) is 6.47. The molecule has 25 heavy (non-hydrogen) atoms. The van der Waals surface area contributed by atoms with Crippen LogP contribution in [0.25, 0.3) is 17.3 Å². The van der Waals surface area contributed by atoms with Crippen molar-refractivity contribution in [3.05, 3.63) is 57.6 Å². The highest BCUT2D eigenvalue weighted by atomic mass is 35.5. The van der Waals surface area contributed by atoms with Gasteiger partial charge in [0.25, 0.3) is 5.91 Å². The molecule has 0 spiro atoms. The first-order valence-electron chi connectivity index (χ1n) is 7.06. The van der Waals surface area contributed by atoms with Crippen molar-refractivity contribution in [1.29, 1.82) is 5.41 Å². The Morgan fingerprint density at radius 2 is 2.08 bits per heavy atom. The number of carbonyl (C=O) groups excluding carboxylic acids is 1. The fourth-order valence-corrected chi connectivity index (χ4v) is 3.96. The van der Waals surface area contributed by atoms with Crippen LogP contribution in [-0.4, -0.2) is 21.2 Å². The first-order valence-corrected chi connectivity index (χ1v) is 9.13. The van der Waals surface area contributed by atoms with E-state index in [1.165, 1.54) is 22.5 Å². The Morgan fingerprint density at radius 3 is 2.80 bits per heavy atom. The molecule has 124 valence electrons. The largest absolute Gasteiger partial charge is 0.363 e. The number of amidine groups is 1. The van der Waals surface area contributed by atoms with Crippen molar-refractivity contribution < 1.29 is 9.32 Å². The van der Waals surface area contributed by atoms with Crippen molar-refractivity contribution in [3.63, 3.8) is 0 Å². The summed E-state index contributed by atoms with van der Waals surface area (Å²) in [5, 5.41) is 15.1. The second-order valence-corrected chi connectivity index (χ2v) is 7.34. The molecular formula is C16H9ClN4O2S2. The summed E-state index contributed by atoms with van der Waals surface area (Å²) in [6.07, 6.45) is 4.75. The molecule has 0 aliphatic carbocycles. The maximum Gasteiger partial charge on any atom is 0.273 e. The number of thioether (sulfide) groups is 1. The summed E-state index contributed by atoms with van der Waals surface area (Å²) in [6, 6.07) is 7.18. The van der Waals surface area contributed by atoms with Crippen LogP contribution in [0.1, 0.15) is 5.56 Å². The van der Waals surface area contributed by atoms with Crippen LogP contribution in [0.3, 0.4) is 0 Å². The monoisotopic (exact) mass is 388 g/mol. The lowest BCUT2D eigenvalue weighted by Crippen LogP contribution is -2.27. The number of carbonyl (C=O) groups is 1. The smallest absolute Gasteiger partial charge is 0.273 e. The molecule has 0 radical (unpaired) electrons. The molecule has 1 aromatic carbocycles. The molecule has 0 bridgehead atoms. The normalized spacial score (nSPS) is 16.2. The van der Waals surface area contributed by atoms with Gasteiger partial charge in [0.05, 0.1) is 4.91 Å². The number of anilines is 1. The van der Waals surface area contributed by atoms with Gasteiger partial charge in [-0.2, -0.15) is 0 Å². The highest BCUT2D eigenvalue weighted by Crippen LogP contribution is 2.37. The molecule has 4 rings (SSSR count). The predicted molar refractivity (Wildman–Crippen MR) is 99.8 cm³/mol. The van der Waals surface area contributed by atoms with E-state index >= 15 is 0 Å². The maximum absolute atomic E-state index is 12.6. The minimum atomic E-state index is -0.284. The van der Waals surface area contributed by atoms with Gasteiger partial charge in [-0.3, -0.25) is 10.2 Å². The molecule has 1 N–H and O–H groups in total. The molecule has 1 aliphatic heterocycles. The molecule has 9 heteroatoms. The molecular weight excluding hydrogens is 380 g/mol. The molecule has 1 amide bonds. The van der Waals surface area contributed by atoms with Crippen LogP contribution in [0.15, 0.2) is 51.5 Å². The van der Waals surface area contributed by atoms with E-state index in [1.807, 2.05) is 12.1 Å². The van der Waals surface area contributed by atoms with E-state index in [-0.39, 0.29) is 11.1 Å². The van der Waals surface area contributed by atoms with E-state index in [9.17, 15) is 4.79 Å². The number of benzene rings is 1. The van der Waals surface area contributed by atoms with E-state index < -0.39 is 0 Å². The Morgan fingerprint density at radius 1 is 1.28 bits per heavy atom. The minimum absolute atomic E-state index is 0.121. The van der Waals surface area contributed by atoms with Crippen molar-refractivity contribution in [1.82, 2.24) is 10.1 Å². The van der Waals surface area contributed by atoms with Gasteiger partial charge in [0.1, 0.15) is 12.0 Å². The first-order chi connectivity index (χ1) is 12.1. The average molecular weight is 389 g/mol. The molecule has 0 atom stereocenters. The van der Waals surface area contributed by atoms with Crippen molar-refractivity contribution in [2.75, 3.05) is 4.90 Å². The SMILES string of the molecule is N=C1S/C(=C\c2conc2-c2ccc(Cl)cc2)C(=O)N1c1nccs1. The zero-order chi connectivity index (χ0) is 17.4. The van der Waals surface area contributed by atoms with Gasteiger partial charge in [-0.1, -0.05) is 28.9 Å². The topological polar surface area (TPSA) is 83.1 Å². The second-order valence-electron chi connectivity index (χ2n) is 5.00. The number of halogens is 1. The summed E-state index contributed by atoms with van der Waals surface area (Å²) in [7, 11) is 0. The summed E-state index contributed by atoms with van der Waals surface area (Å²) in [4.78, 5) is 18.4. The third-order valence-corrected chi connectivity index (χ3v) is 5.33. The van der Waals surface area contributed by atoms with Crippen LogP contribution < -0.4 is 4.90 Å². The van der Waals surface area contributed by atoms with E-state index in [4.69, 9.17) is 21.5 Å². The van der Waals surface area contributed by atoms with Crippen LogP contribution in [0.5, 0.6) is 0 Å². The highest BCUT2D eigenvalue weighted by Gasteiger charge is 2.35. The third kappa shape index (κ3) is 2.99. The highest BCUT2D eigenvalue weighted by molar-refractivity contribution is 8.19. The number of hydrogen-bond acceptors (Lipinski definition) is 7. The fraction of sp³-hybridized carbons (Fsp3) is 0. The maximum atomic E-state index is 12.6. The van der Waals surface area contributed by atoms with E-state index in [0.717, 1.165) is 17.3 Å². The Balaban J connectivity index is 1.69. The van der Waals surface area contributed by atoms with Crippen LogP contribution in [0, 0.1) is 5.41 Å². The van der Waals surface area contributed by atoms with Gasteiger partial charge >= 0.3 is 0 Å². The molecule has 0 unspecified atom stereocenters. The number of aromatic nitrogens is 2. The van der Waals surface area contributed by atoms with Gasteiger partial charge in [0.15, 0.2) is 10.3 Å². The van der Waals surface area contributed by atoms with Gasteiger partial charge < -0.3 is 4.52 Å². The summed E-state index contributed by atoms with van der Waals surface area (Å²) >= 11 is 8.30. The van der Waals surface area contributed by atoms with Crippen molar-refractivity contribution in [3.8, 4) is 11.3 Å². The van der Waals surface area contributed by atoms with Gasteiger partial charge in [-0.15, -0.1) is 11.3 Å². The summed E-state index contributed by atoms with van der Waals surface area (Å²) < 4.78 is 5.08. The Hall–Kier alpha value is -2.42. The Kier molecular flexibility index (Phi) is 4.16. The van der Waals surface area contributed by atoms with Crippen molar-refractivity contribution >= 4 is 57.0 Å². The lowest BCUT2D eigenvalue weighted by molar-refractivity contribution is -0.113. The Bertz CT molecular complexity index is 980. The van der Waals surface area contributed by atoms with Gasteiger partial charge in [0.2, 0.25) is 0 Å². The lowest BCUT2D eigenvalue weighted by Gasteiger charge is -2.08. The zero-order valence-corrected chi connectivity index (χ0v) is 14.9. The standard InChI is InChI=1S/C16H9ClN4O2S2/c17-11-3-1-9(2-4-11)13-10(8-23-20-13)7-12-14(22)21(15(18)25-12)16-19-5-6-24-16/h1-8,18H/b12-7-,18-15?. The van der Waals surface area contributed by atoms with E-state index in [2.05, 4.69) is 10.1 Å². The zero-order valence-electron chi connectivity index (χ0n) is 12.5.